The predicted octanol–water partition coefficient (Wildman–Crippen LogP) is 0.825. The normalized spacial score (nSPS) is 11.3. The molecule has 3 aromatic rings. The highest BCUT2D eigenvalue weighted by Gasteiger charge is 2.25. The molecule has 26 heavy (non-hydrogen) atoms. The summed E-state index contributed by atoms with van der Waals surface area (Å²) in [5, 5.41) is 28.3. The van der Waals surface area contributed by atoms with Crippen LogP contribution in [-0.2, 0) is 0 Å². The Bertz CT molecular complexity index is 959. The molecule has 11 nitrogen and oxygen atoms in total. The second-order valence-electron chi connectivity index (χ2n) is 5.66. The van der Waals surface area contributed by atoms with Crippen LogP contribution in [0.1, 0.15) is 41.5 Å². The summed E-state index contributed by atoms with van der Waals surface area (Å²) in [6, 6.07) is 6.43. The van der Waals surface area contributed by atoms with Crippen molar-refractivity contribution in [3.8, 4) is 11.6 Å². The zero-order valence-corrected chi connectivity index (χ0v) is 14.0. The number of nitrogen functional groups attached to an aromatic ring is 1. The molecule has 0 saturated carbocycles. The quantitative estimate of drug-likeness (QED) is 0.448. The van der Waals surface area contributed by atoms with E-state index in [0.717, 1.165) is 0 Å². The molecular weight excluding hydrogens is 340 g/mol. The second-order valence-corrected chi connectivity index (χ2v) is 5.66. The first-order valence-electron chi connectivity index (χ1n) is 7.63. The summed E-state index contributed by atoms with van der Waals surface area (Å²) in [6.45, 7) is 3.73. The van der Waals surface area contributed by atoms with Gasteiger partial charge in [-0.25, -0.2) is 10.1 Å². The number of anilines is 1. The number of nitrogens with zero attached hydrogens (tertiary/aromatic N) is 6. The number of hydrogen-bond acceptors (Lipinski definition) is 9. The monoisotopic (exact) mass is 356 g/mol. The Kier molecular flexibility index (Phi) is 4.60. The van der Waals surface area contributed by atoms with E-state index in [0.29, 0.717) is 11.3 Å². The minimum atomic E-state index is -0.550. The highest BCUT2D eigenvalue weighted by molar-refractivity contribution is 5.94. The van der Waals surface area contributed by atoms with E-state index in [4.69, 9.17) is 5.73 Å². The third kappa shape index (κ3) is 3.36. The number of nitrogens with one attached hydrogen (secondary N) is 1. The van der Waals surface area contributed by atoms with Gasteiger partial charge in [0.05, 0.1) is 11.9 Å². The number of carbonyl (C=O) groups excluding carboxylic acids is 1. The van der Waals surface area contributed by atoms with E-state index in [1.165, 1.54) is 23.0 Å². The maximum Gasteiger partial charge on any atom is 0.293 e. The van der Waals surface area contributed by atoms with Crippen molar-refractivity contribution in [2.75, 3.05) is 5.73 Å². The van der Waals surface area contributed by atoms with Crippen LogP contribution < -0.4 is 11.2 Å². The lowest BCUT2D eigenvalue weighted by molar-refractivity contribution is 0.0948. The Balaban J connectivity index is 1.83. The Morgan fingerprint density at radius 1 is 1.42 bits per heavy atom. The van der Waals surface area contributed by atoms with Gasteiger partial charge in [0.15, 0.2) is 5.69 Å². The summed E-state index contributed by atoms with van der Waals surface area (Å²) >= 11 is 0. The molecule has 0 aliphatic carbocycles. The lowest BCUT2D eigenvalue weighted by atomic mass is 10.1. The molecule has 4 N–H and O–H groups in total. The number of carbonyl (C=O) groups is 1. The Morgan fingerprint density at radius 3 is 2.88 bits per heavy atom. The van der Waals surface area contributed by atoms with Crippen LogP contribution in [0.15, 0.2) is 34.0 Å². The summed E-state index contributed by atoms with van der Waals surface area (Å²) in [5.74, 6) is -0.374. The predicted molar refractivity (Wildman–Crippen MR) is 90.9 cm³/mol. The fourth-order valence-corrected chi connectivity index (χ4v) is 2.29. The van der Waals surface area contributed by atoms with Crippen molar-refractivity contribution in [2.24, 2.45) is 5.10 Å². The number of hydrazone groups is 1. The first-order valence-corrected chi connectivity index (χ1v) is 7.63. The van der Waals surface area contributed by atoms with Gasteiger partial charge in [-0.15, -0.1) is 5.10 Å². The van der Waals surface area contributed by atoms with E-state index >= 15 is 0 Å². The highest BCUT2D eigenvalue weighted by Crippen LogP contribution is 2.22. The van der Waals surface area contributed by atoms with Crippen molar-refractivity contribution in [1.82, 2.24) is 30.7 Å². The maximum atomic E-state index is 12.4. The maximum absolute atomic E-state index is 12.4. The van der Waals surface area contributed by atoms with Crippen molar-refractivity contribution in [3.63, 3.8) is 0 Å². The van der Waals surface area contributed by atoms with Gasteiger partial charge in [0.1, 0.15) is 5.75 Å². The fraction of sp³-hybridized carbons (Fsp3) is 0.200. The molecule has 0 aliphatic rings. The lowest BCUT2D eigenvalue weighted by Gasteiger charge is -2.08. The van der Waals surface area contributed by atoms with Gasteiger partial charge in [-0.1, -0.05) is 31.2 Å². The van der Waals surface area contributed by atoms with Gasteiger partial charge in [-0.05, 0) is 33.9 Å². The van der Waals surface area contributed by atoms with E-state index in [1.54, 1.807) is 12.1 Å². The van der Waals surface area contributed by atoms with Crippen LogP contribution in [0.5, 0.6) is 5.75 Å². The summed E-state index contributed by atoms with van der Waals surface area (Å²) in [4.78, 5) is 12.4. The Labute approximate surface area is 147 Å². The Hall–Kier alpha value is -3.76. The average molecular weight is 356 g/mol. The summed E-state index contributed by atoms with van der Waals surface area (Å²) < 4.78 is 5.88. The molecule has 11 heteroatoms. The van der Waals surface area contributed by atoms with Crippen LogP contribution in [0.25, 0.3) is 5.82 Å². The van der Waals surface area contributed by atoms with E-state index in [1.807, 2.05) is 13.8 Å². The van der Waals surface area contributed by atoms with Gasteiger partial charge in [0, 0.05) is 0 Å². The van der Waals surface area contributed by atoms with Crippen LogP contribution in [0.2, 0.25) is 0 Å². The number of aromatic hydroxyl groups is 1. The van der Waals surface area contributed by atoms with Gasteiger partial charge >= 0.3 is 0 Å². The SMILES string of the molecule is CC(C)c1c(C(=O)NN=Cc2cccc(O)c2)nnn1-c1nonc1N. The molecular formula is C15H16N8O3. The molecule has 0 aliphatic heterocycles. The number of benzene rings is 1. The number of phenolic OH excluding ortho intramolecular Hbond substituents is 1. The smallest absolute Gasteiger partial charge is 0.293 e. The Morgan fingerprint density at radius 2 is 2.23 bits per heavy atom. The number of amides is 1. The molecule has 0 saturated heterocycles. The summed E-state index contributed by atoms with van der Waals surface area (Å²) in [5.41, 5.74) is 9.25. The largest absolute Gasteiger partial charge is 0.508 e. The third-order valence-electron chi connectivity index (χ3n) is 3.41. The molecule has 0 fully saturated rings. The first-order chi connectivity index (χ1) is 12.5. The minimum absolute atomic E-state index is 0.0330. The van der Waals surface area contributed by atoms with Gasteiger partial charge in [-0.2, -0.15) is 9.78 Å². The van der Waals surface area contributed by atoms with Crippen molar-refractivity contribution in [3.05, 3.63) is 41.2 Å². The topological polar surface area (TPSA) is 157 Å². The number of hydrogen-bond donors (Lipinski definition) is 3. The highest BCUT2D eigenvalue weighted by atomic mass is 16.6. The molecule has 0 spiro atoms. The van der Waals surface area contributed by atoms with E-state index in [-0.39, 0.29) is 29.0 Å². The summed E-state index contributed by atoms with van der Waals surface area (Å²) in [7, 11) is 0. The molecule has 0 radical (unpaired) electrons. The van der Waals surface area contributed by atoms with Crippen molar-refractivity contribution in [2.45, 2.75) is 19.8 Å². The van der Waals surface area contributed by atoms with Crippen LogP contribution in [-0.4, -0.2) is 42.5 Å². The summed E-state index contributed by atoms with van der Waals surface area (Å²) in [6.07, 6.45) is 1.40. The second kappa shape index (κ2) is 7.01. The van der Waals surface area contributed by atoms with Gasteiger partial charge < -0.3 is 10.8 Å². The molecule has 1 aromatic carbocycles. The van der Waals surface area contributed by atoms with Crippen molar-refractivity contribution in [1.29, 1.82) is 0 Å². The van der Waals surface area contributed by atoms with Crippen molar-refractivity contribution < 1.29 is 14.5 Å². The molecule has 0 atom stereocenters. The minimum Gasteiger partial charge on any atom is -0.508 e. The van der Waals surface area contributed by atoms with Crippen LogP contribution in [0.3, 0.4) is 0 Å². The molecule has 2 heterocycles. The average Bonchev–Trinajstić information content (AvgIpc) is 3.20. The standard InChI is InChI=1S/C15H16N8O3/c1-8(2)12-11(18-22-23(12)14-13(16)20-26-21-14)15(25)19-17-7-9-4-3-5-10(24)6-9/h3-8,24H,1-2H3,(H2,16,20)(H,19,25). The van der Waals surface area contributed by atoms with Crippen molar-refractivity contribution >= 4 is 17.9 Å². The lowest BCUT2D eigenvalue weighted by Crippen LogP contribution is -2.21. The number of aromatic nitrogens is 5. The molecule has 1 amide bonds. The van der Waals surface area contributed by atoms with Crippen LogP contribution in [0.4, 0.5) is 5.82 Å². The number of phenols is 1. The van der Waals surface area contributed by atoms with Crippen LogP contribution >= 0.6 is 0 Å². The zero-order valence-electron chi connectivity index (χ0n) is 14.0. The molecule has 0 bridgehead atoms. The van der Waals surface area contributed by atoms with E-state index in [2.05, 4.69) is 35.8 Å². The molecule has 2 aromatic heterocycles. The van der Waals surface area contributed by atoms with Gasteiger partial charge in [-0.3, -0.25) is 4.79 Å². The number of rotatable bonds is 5. The molecule has 134 valence electrons. The molecule has 0 unspecified atom stereocenters. The van der Waals surface area contributed by atoms with E-state index in [9.17, 15) is 9.90 Å². The van der Waals surface area contributed by atoms with Gasteiger partial charge in [0.25, 0.3) is 5.91 Å². The van der Waals surface area contributed by atoms with Crippen LogP contribution in [0, 0.1) is 0 Å². The van der Waals surface area contributed by atoms with Gasteiger partial charge in [0.2, 0.25) is 11.6 Å². The number of nitrogens with two attached hydrogens (primary N) is 1. The first kappa shape index (κ1) is 17.1. The van der Waals surface area contributed by atoms with E-state index < -0.39 is 5.91 Å². The third-order valence-corrected chi connectivity index (χ3v) is 3.41. The fourth-order valence-electron chi connectivity index (χ4n) is 2.29. The molecule has 3 rings (SSSR count). The zero-order chi connectivity index (χ0) is 18.7.